The first-order valence-corrected chi connectivity index (χ1v) is 10.7. The lowest BCUT2D eigenvalue weighted by molar-refractivity contribution is -0.137. The molecule has 3 rings (SSSR count). The zero-order valence-corrected chi connectivity index (χ0v) is 18.1. The zero-order valence-electron chi connectivity index (χ0n) is 16.5. The Balaban J connectivity index is 1.94. The van der Waals surface area contributed by atoms with Crippen molar-refractivity contribution in [3.63, 3.8) is 0 Å². The fourth-order valence-electron chi connectivity index (χ4n) is 2.84. The van der Waals surface area contributed by atoms with Crippen molar-refractivity contribution in [1.29, 1.82) is 0 Å². The molecule has 3 aromatic rings. The van der Waals surface area contributed by atoms with Crippen molar-refractivity contribution in [3.8, 4) is 0 Å². The Bertz CT molecular complexity index is 1130. The zero-order chi connectivity index (χ0) is 23.3. The molecule has 0 fully saturated rings. The Hall–Kier alpha value is -3.04. The van der Waals surface area contributed by atoms with Crippen LogP contribution in [0.15, 0.2) is 71.9 Å². The number of ether oxygens (including phenoxy) is 1. The summed E-state index contributed by atoms with van der Waals surface area (Å²) in [5.74, 6) is -1.79. The maximum atomic E-state index is 13.4. The number of amides is 1. The van der Waals surface area contributed by atoms with E-state index in [1.807, 2.05) is 0 Å². The predicted molar refractivity (Wildman–Crippen MR) is 116 cm³/mol. The molecule has 0 aliphatic heterocycles. The first kappa shape index (κ1) is 23.6. The molecule has 0 unspecified atom stereocenters. The number of anilines is 1. The van der Waals surface area contributed by atoms with Crippen molar-refractivity contribution < 1.29 is 27.5 Å². The summed E-state index contributed by atoms with van der Waals surface area (Å²) in [7, 11) is 0. The second-order valence-electron chi connectivity index (χ2n) is 6.43. The Kier molecular flexibility index (Phi) is 7.42. The Morgan fingerprint density at radius 3 is 2.47 bits per heavy atom. The van der Waals surface area contributed by atoms with Crippen molar-refractivity contribution >= 4 is 40.9 Å². The van der Waals surface area contributed by atoms with Crippen LogP contribution in [0.3, 0.4) is 0 Å². The Morgan fingerprint density at radius 2 is 1.81 bits per heavy atom. The number of hydrogen-bond acceptors (Lipinski definition) is 5. The summed E-state index contributed by atoms with van der Waals surface area (Å²) < 4.78 is 45.7. The van der Waals surface area contributed by atoms with Gasteiger partial charge in [0.1, 0.15) is 5.03 Å². The molecule has 5 nitrogen and oxygen atoms in total. The van der Waals surface area contributed by atoms with Gasteiger partial charge in [-0.15, -0.1) is 11.8 Å². The molecule has 1 amide bonds. The van der Waals surface area contributed by atoms with Crippen molar-refractivity contribution in [2.24, 2.45) is 0 Å². The van der Waals surface area contributed by atoms with Gasteiger partial charge in [-0.25, -0.2) is 9.78 Å². The average Bonchev–Trinajstić information content (AvgIpc) is 2.78. The summed E-state index contributed by atoms with van der Waals surface area (Å²) in [5, 5.41) is 2.47. The van der Waals surface area contributed by atoms with E-state index in [9.17, 15) is 22.8 Å². The number of pyridine rings is 1. The molecular weight excluding hydrogens is 465 g/mol. The number of benzene rings is 2. The largest absolute Gasteiger partial charge is 0.444 e. The minimum atomic E-state index is -4.75. The van der Waals surface area contributed by atoms with Gasteiger partial charge in [0.05, 0.1) is 16.8 Å². The molecule has 1 atom stereocenters. The van der Waals surface area contributed by atoms with E-state index in [-0.39, 0.29) is 16.1 Å². The third-order valence-corrected chi connectivity index (χ3v) is 5.24. The highest BCUT2D eigenvalue weighted by Gasteiger charge is 2.35. The van der Waals surface area contributed by atoms with E-state index in [0.717, 1.165) is 6.07 Å². The van der Waals surface area contributed by atoms with Crippen molar-refractivity contribution in [2.75, 3.05) is 11.6 Å². The number of nitrogens with one attached hydrogen (secondary N) is 1. The number of esters is 1. The van der Waals surface area contributed by atoms with E-state index < -0.39 is 35.4 Å². The smallest absolute Gasteiger partial charge is 0.418 e. The monoisotopic (exact) mass is 480 g/mol. The van der Waals surface area contributed by atoms with Crippen molar-refractivity contribution in [3.05, 3.63) is 88.6 Å². The maximum absolute atomic E-state index is 13.4. The number of alkyl halides is 3. The van der Waals surface area contributed by atoms with Crippen LogP contribution in [0, 0.1) is 0 Å². The third-order valence-electron chi connectivity index (χ3n) is 4.29. The van der Waals surface area contributed by atoms with Crippen molar-refractivity contribution in [2.45, 2.75) is 17.3 Å². The number of nitrogens with zero attached hydrogens (tertiary/aromatic N) is 1. The van der Waals surface area contributed by atoms with Crippen molar-refractivity contribution in [1.82, 2.24) is 4.98 Å². The van der Waals surface area contributed by atoms with Crippen LogP contribution in [0.25, 0.3) is 0 Å². The van der Waals surface area contributed by atoms with Gasteiger partial charge in [-0.3, -0.25) is 4.79 Å². The lowest BCUT2D eigenvalue weighted by atomic mass is 10.1. The average molecular weight is 481 g/mol. The highest BCUT2D eigenvalue weighted by atomic mass is 35.5. The number of carbonyl (C=O) groups excluding carboxylic acids is 2. The fraction of sp³-hybridized carbons (Fsp3) is 0.136. The van der Waals surface area contributed by atoms with Crippen LogP contribution < -0.4 is 5.32 Å². The van der Waals surface area contributed by atoms with E-state index in [1.54, 1.807) is 24.5 Å². The minimum Gasteiger partial charge on any atom is -0.444 e. The van der Waals surface area contributed by atoms with Gasteiger partial charge in [-0.05, 0) is 36.6 Å². The second-order valence-corrected chi connectivity index (χ2v) is 7.66. The molecule has 0 bridgehead atoms. The molecule has 0 radical (unpaired) electrons. The summed E-state index contributed by atoms with van der Waals surface area (Å²) >= 11 is 6.91. The van der Waals surface area contributed by atoms with E-state index in [0.29, 0.717) is 11.1 Å². The van der Waals surface area contributed by atoms with E-state index >= 15 is 0 Å². The Labute approximate surface area is 190 Å². The number of rotatable bonds is 6. The first-order valence-electron chi connectivity index (χ1n) is 9.13. The minimum absolute atomic E-state index is 0.135. The van der Waals surface area contributed by atoms with Crippen LogP contribution in [-0.2, 0) is 15.7 Å². The van der Waals surface area contributed by atoms with E-state index in [2.05, 4.69) is 10.3 Å². The lowest BCUT2D eigenvalue weighted by Crippen LogP contribution is -2.27. The predicted octanol–water partition coefficient (Wildman–Crippen LogP) is 6.01. The molecule has 10 heteroatoms. The van der Waals surface area contributed by atoms with Crippen LogP contribution in [0.1, 0.15) is 27.6 Å². The molecule has 1 N–H and O–H groups in total. The topological polar surface area (TPSA) is 68.3 Å². The van der Waals surface area contributed by atoms with Crippen LogP contribution in [0.5, 0.6) is 0 Å². The summed E-state index contributed by atoms with van der Waals surface area (Å²) in [6.07, 6.45) is -3.03. The molecule has 166 valence electrons. The van der Waals surface area contributed by atoms with Crippen LogP contribution in [0.2, 0.25) is 5.02 Å². The summed E-state index contributed by atoms with van der Waals surface area (Å²) in [5.41, 5.74) is -1.20. The molecule has 0 saturated carbocycles. The molecule has 0 saturated heterocycles. The number of carbonyl (C=O) groups is 2. The SMILES string of the molecule is CSc1ncccc1C(=O)O[C@@H](C(=O)Nc1ccc(Cl)cc1C(F)(F)F)c1ccccc1. The van der Waals surface area contributed by atoms with E-state index in [4.69, 9.17) is 16.3 Å². The molecular formula is C22H16ClF3N2O3S. The van der Waals surface area contributed by atoms with E-state index in [1.165, 1.54) is 48.3 Å². The molecule has 2 aromatic carbocycles. The van der Waals surface area contributed by atoms with Crippen LogP contribution in [-0.4, -0.2) is 23.1 Å². The van der Waals surface area contributed by atoms with Gasteiger partial charge in [0, 0.05) is 16.8 Å². The third kappa shape index (κ3) is 5.60. The first-order chi connectivity index (χ1) is 15.2. The van der Waals surface area contributed by atoms with Gasteiger partial charge < -0.3 is 10.1 Å². The number of halogens is 4. The van der Waals surface area contributed by atoms with Gasteiger partial charge in [-0.2, -0.15) is 13.2 Å². The van der Waals surface area contributed by atoms with Crippen LogP contribution >= 0.6 is 23.4 Å². The molecule has 0 aliphatic rings. The highest BCUT2D eigenvalue weighted by molar-refractivity contribution is 7.98. The quantitative estimate of drug-likeness (QED) is 0.345. The van der Waals surface area contributed by atoms with Crippen LogP contribution in [0.4, 0.5) is 18.9 Å². The maximum Gasteiger partial charge on any atom is 0.418 e. The van der Waals surface area contributed by atoms with Gasteiger partial charge in [-0.1, -0.05) is 41.9 Å². The number of thioether (sulfide) groups is 1. The van der Waals surface area contributed by atoms with Gasteiger partial charge >= 0.3 is 12.1 Å². The Morgan fingerprint density at radius 1 is 1.09 bits per heavy atom. The summed E-state index contributed by atoms with van der Waals surface area (Å²) in [4.78, 5) is 29.9. The normalized spacial score (nSPS) is 12.2. The fourth-order valence-corrected chi connectivity index (χ4v) is 3.55. The standard InChI is InChI=1S/C22H16ClF3N2O3S/c1-32-20-15(8-5-11-27-20)21(30)31-18(13-6-3-2-4-7-13)19(29)28-17-10-9-14(23)12-16(17)22(24,25)26/h2-12,18H,1H3,(H,28,29)/t18-/m1/s1. The lowest BCUT2D eigenvalue weighted by Gasteiger charge is -2.20. The molecule has 1 heterocycles. The number of aromatic nitrogens is 1. The second kappa shape index (κ2) is 10.1. The molecule has 1 aromatic heterocycles. The van der Waals surface area contributed by atoms with Gasteiger partial charge in [0.2, 0.25) is 6.10 Å². The summed E-state index contributed by atoms with van der Waals surface area (Å²) in [6, 6.07) is 14.0. The molecule has 0 aliphatic carbocycles. The van der Waals surface area contributed by atoms with Gasteiger partial charge in [0.25, 0.3) is 5.91 Å². The molecule has 0 spiro atoms. The number of hydrogen-bond donors (Lipinski definition) is 1. The van der Waals surface area contributed by atoms with Gasteiger partial charge in [0.15, 0.2) is 0 Å². The molecule has 32 heavy (non-hydrogen) atoms. The highest BCUT2D eigenvalue weighted by Crippen LogP contribution is 2.37. The summed E-state index contributed by atoms with van der Waals surface area (Å²) in [6.45, 7) is 0.